The van der Waals surface area contributed by atoms with Gasteiger partial charge in [0.1, 0.15) is 5.75 Å². The fourth-order valence-corrected chi connectivity index (χ4v) is 1.68. The van der Waals surface area contributed by atoms with E-state index in [1.165, 1.54) is 32.1 Å². The zero-order valence-electron chi connectivity index (χ0n) is 11.0. The molecule has 1 rings (SSSR count). The number of unbranched alkanes of at least 4 members (excludes halogenated alkanes) is 5. The van der Waals surface area contributed by atoms with Crippen LogP contribution < -0.4 is 4.74 Å². The van der Waals surface area contributed by atoms with E-state index in [-0.39, 0.29) is 0 Å². The van der Waals surface area contributed by atoms with Crippen LogP contribution in [-0.2, 0) is 0 Å². The molecular weight excluding hydrogens is 210 g/mol. The zero-order valence-corrected chi connectivity index (χ0v) is 11.0. The molecule has 1 aromatic carbocycles. The lowest BCUT2D eigenvalue weighted by molar-refractivity contribution is 0.415. The Hall–Kier alpha value is -1.31. The van der Waals surface area contributed by atoms with Crippen LogP contribution in [0.4, 0.5) is 5.69 Å². The largest absolute Gasteiger partial charge is 0.497 e. The number of hydrogen-bond donors (Lipinski definition) is 0. The van der Waals surface area contributed by atoms with Gasteiger partial charge in [-0.05, 0) is 37.1 Å². The second-order valence-electron chi connectivity index (χ2n) is 4.21. The second kappa shape index (κ2) is 8.80. The molecular formula is C15H23NO. The highest BCUT2D eigenvalue weighted by molar-refractivity contribution is 5.63. The highest BCUT2D eigenvalue weighted by Gasteiger charge is 1.91. The number of nitrogens with zero attached hydrogens (tertiary/aromatic N) is 1. The average molecular weight is 233 g/mol. The first-order chi connectivity index (χ1) is 8.36. The van der Waals surface area contributed by atoms with E-state index >= 15 is 0 Å². The van der Waals surface area contributed by atoms with Crippen molar-refractivity contribution in [3.05, 3.63) is 24.3 Å². The standard InChI is InChI=1S/C15H23NO/c1-3-4-5-6-7-8-13-16-14-9-11-15(17-2)12-10-14/h9-13H,3-8H2,1-2H3. The summed E-state index contributed by atoms with van der Waals surface area (Å²) in [4.78, 5) is 4.42. The minimum Gasteiger partial charge on any atom is -0.497 e. The van der Waals surface area contributed by atoms with Crippen LogP contribution in [0.1, 0.15) is 45.4 Å². The van der Waals surface area contributed by atoms with Crippen LogP contribution in [0.2, 0.25) is 0 Å². The van der Waals surface area contributed by atoms with Crippen molar-refractivity contribution < 1.29 is 4.74 Å². The summed E-state index contributed by atoms with van der Waals surface area (Å²) in [5, 5.41) is 0. The highest BCUT2D eigenvalue weighted by Crippen LogP contribution is 2.17. The Bertz CT molecular complexity index is 316. The van der Waals surface area contributed by atoms with Crippen molar-refractivity contribution in [2.45, 2.75) is 45.4 Å². The number of ether oxygens (including phenoxy) is 1. The number of aliphatic imine (C=N–C) groups is 1. The molecule has 0 bridgehead atoms. The average Bonchev–Trinajstić information content (AvgIpc) is 2.38. The smallest absolute Gasteiger partial charge is 0.119 e. The molecule has 2 nitrogen and oxygen atoms in total. The summed E-state index contributed by atoms with van der Waals surface area (Å²) in [5.41, 5.74) is 0.999. The van der Waals surface area contributed by atoms with E-state index in [0.717, 1.165) is 17.9 Å². The molecule has 0 fully saturated rings. The Morgan fingerprint density at radius 2 is 1.76 bits per heavy atom. The molecule has 0 heterocycles. The monoisotopic (exact) mass is 233 g/mol. The maximum atomic E-state index is 5.10. The first kappa shape index (κ1) is 13.8. The van der Waals surface area contributed by atoms with Crippen molar-refractivity contribution in [1.82, 2.24) is 0 Å². The van der Waals surface area contributed by atoms with Crippen molar-refractivity contribution in [2.24, 2.45) is 4.99 Å². The third-order valence-corrected chi connectivity index (χ3v) is 2.75. The van der Waals surface area contributed by atoms with E-state index < -0.39 is 0 Å². The molecule has 0 aliphatic carbocycles. The summed E-state index contributed by atoms with van der Waals surface area (Å²) in [6.45, 7) is 2.24. The molecule has 2 heteroatoms. The molecule has 94 valence electrons. The quantitative estimate of drug-likeness (QED) is 0.468. The van der Waals surface area contributed by atoms with Crippen LogP contribution >= 0.6 is 0 Å². The van der Waals surface area contributed by atoms with Crippen molar-refractivity contribution >= 4 is 11.9 Å². The number of benzene rings is 1. The topological polar surface area (TPSA) is 21.6 Å². The lowest BCUT2D eigenvalue weighted by Crippen LogP contribution is -1.81. The van der Waals surface area contributed by atoms with Gasteiger partial charge in [-0.15, -0.1) is 0 Å². The first-order valence-corrected chi connectivity index (χ1v) is 6.53. The Labute approximate surface area is 105 Å². The summed E-state index contributed by atoms with van der Waals surface area (Å²) in [7, 11) is 1.68. The van der Waals surface area contributed by atoms with Gasteiger partial charge < -0.3 is 4.74 Å². The molecule has 1 aromatic rings. The Morgan fingerprint density at radius 1 is 1.06 bits per heavy atom. The van der Waals surface area contributed by atoms with E-state index in [1.807, 2.05) is 30.5 Å². The number of rotatable bonds is 8. The molecule has 0 aromatic heterocycles. The van der Waals surface area contributed by atoms with Crippen LogP contribution in [0.3, 0.4) is 0 Å². The molecule has 0 atom stereocenters. The third-order valence-electron chi connectivity index (χ3n) is 2.75. The van der Waals surface area contributed by atoms with Crippen LogP contribution in [0.5, 0.6) is 5.75 Å². The van der Waals surface area contributed by atoms with E-state index in [1.54, 1.807) is 7.11 Å². The fourth-order valence-electron chi connectivity index (χ4n) is 1.68. The van der Waals surface area contributed by atoms with E-state index in [4.69, 9.17) is 4.74 Å². The van der Waals surface area contributed by atoms with Crippen molar-refractivity contribution in [3.8, 4) is 5.75 Å². The third kappa shape index (κ3) is 6.10. The van der Waals surface area contributed by atoms with Crippen molar-refractivity contribution in [1.29, 1.82) is 0 Å². The SMILES string of the molecule is CCCCCCCC=Nc1ccc(OC)cc1. The molecule has 0 radical (unpaired) electrons. The summed E-state index contributed by atoms with van der Waals surface area (Å²) in [5.74, 6) is 0.878. The lowest BCUT2D eigenvalue weighted by atomic mass is 10.1. The van der Waals surface area contributed by atoms with E-state index in [9.17, 15) is 0 Å². The highest BCUT2D eigenvalue weighted by atomic mass is 16.5. The zero-order chi connectivity index (χ0) is 12.3. The van der Waals surface area contributed by atoms with Gasteiger partial charge in [0.05, 0.1) is 12.8 Å². The van der Waals surface area contributed by atoms with Crippen molar-refractivity contribution in [2.75, 3.05) is 7.11 Å². The van der Waals surface area contributed by atoms with Gasteiger partial charge >= 0.3 is 0 Å². The van der Waals surface area contributed by atoms with Crippen LogP contribution in [-0.4, -0.2) is 13.3 Å². The molecule has 0 saturated heterocycles. The molecule has 0 aliphatic rings. The summed E-state index contributed by atoms with van der Waals surface area (Å²) < 4.78 is 5.10. The van der Waals surface area contributed by atoms with Crippen LogP contribution in [0.15, 0.2) is 29.3 Å². The van der Waals surface area contributed by atoms with E-state index in [2.05, 4.69) is 11.9 Å². The van der Waals surface area contributed by atoms with Crippen LogP contribution in [0.25, 0.3) is 0 Å². The molecule has 0 N–H and O–H groups in total. The second-order valence-corrected chi connectivity index (χ2v) is 4.21. The lowest BCUT2D eigenvalue weighted by Gasteiger charge is -1.99. The van der Waals surface area contributed by atoms with Gasteiger partial charge in [0, 0.05) is 6.21 Å². The summed E-state index contributed by atoms with van der Waals surface area (Å²) >= 11 is 0. The fraction of sp³-hybridized carbons (Fsp3) is 0.533. The number of hydrogen-bond acceptors (Lipinski definition) is 2. The van der Waals surface area contributed by atoms with Crippen LogP contribution in [0, 0.1) is 0 Å². The molecule has 0 unspecified atom stereocenters. The predicted octanol–water partition coefficient (Wildman–Crippen LogP) is 4.76. The molecule has 0 saturated carbocycles. The molecule has 0 spiro atoms. The van der Waals surface area contributed by atoms with Gasteiger partial charge in [-0.1, -0.05) is 32.6 Å². The minimum atomic E-state index is 0.878. The predicted molar refractivity (Wildman–Crippen MR) is 74.5 cm³/mol. The maximum Gasteiger partial charge on any atom is 0.119 e. The van der Waals surface area contributed by atoms with E-state index in [0.29, 0.717) is 0 Å². The normalized spacial score (nSPS) is 10.9. The summed E-state index contributed by atoms with van der Waals surface area (Å²) in [6.07, 6.45) is 9.69. The van der Waals surface area contributed by atoms with Gasteiger partial charge in [0.15, 0.2) is 0 Å². The Kier molecular flexibility index (Phi) is 7.12. The van der Waals surface area contributed by atoms with Gasteiger partial charge in [-0.2, -0.15) is 0 Å². The molecule has 0 amide bonds. The Balaban J connectivity index is 2.19. The van der Waals surface area contributed by atoms with Gasteiger partial charge in [0.2, 0.25) is 0 Å². The van der Waals surface area contributed by atoms with Gasteiger partial charge in [0.25, 0.3) is 0 Å². The van der Waals surface area contributed by atoms with Crippen molar-refractivity contribution in [3.63, 3.8) is 0 Å². The maximum absolute atomic E-state index is 5.10. The van der Waals surface area contributed by atoms with Gasteiger partial charge in [-0.3, -0.25) is 4.99 Å². The Morgan fingerprint density at radius 3 is 2.41 bits per heavy atom. The summed E-state index contributed by atoms with van der Waals surface area (Å²) in [6, 6.07) is 7.83. The molecule has 17 heavy (non-hydrogen) atoms. The minimum absolute atomic E-state index is 0.878. The van der Waals surface area contributed by atoms with Gasteiger partial charge in [-0.25, -0.2) is 0 Å². The first-order valence-electron chi connectivity index (χ1n) is 6.53. The molecule has 0 aliphatic heterocycles. The number of methoxy groups -OCH3 is 1.